The molecular weight excluding hydrogens is 366 g/mol. The van der Waals surface area contributed by atoms with Crippen LogP contribution in [-0.4, -0.2) is 26.8 Å². The van der Waals surface area contributed by atoms with Gasteiger partial charge in [-0.3, -0.25) is 9.59 Å². The summed E-state index contributed by atoms with van der Waals surface area (Å²) in [5.74, 6) is -0.799. The van der Waals surface area contributed by atoms with Gasteiger partial charge < -0.3 is 10.6 Å². The molecule has 2 rings (SSSR count). The van der Waals surface area contributed by atoms with Crippen molar-refractivity contribution in [2.75, 3.05) is 17.2 Å². The van der Waals surface area contributed by atoms with Crippen LogP contribution in [0, 0.1) is 0 Å². The summed E-state index contributed by atoms with van der Waals surface area (Å²) >= 11 is 5.86. The highest BCUT2D eigenvalue weighted by molar-refractivity contribution is 7.89. The molecule has 0 aliphatic rings. The number of benzene rings is 2. The third kappa shape index (κ3) is 5.56. The van der Waals surface area contributed by atoms with Crippen LogP contribution in [0.1, 0.15) is 6.92 Å². The van der Waals surface area contributed by atoms with Crippen molar-refractivity contribution in [1.82, 2.24) is 4.72 Å². The molecule has 0 saturated heterocycles. The first kappa shape index (κ1) is 18.9. The fraction of sp³-hybridized carbons (Fsp3) is 0.125. The fourth-order valence-corrected chi connectivity index (χ4v) is 3.48. The van der Waals surface area contributed by atoms with Crippen LogP contribution in [-0.2, 0) is 19.6 Å². The number of hydrogen-bond donors (Lipinski definition) is 3. The molecule has 0 aliphatic carbocycles. The van der Waals surface area contributed by atoms with E-state index in [1.807, 2.05) is 0 Å². The molecule has 7 nitrogen and oxygen atoms in total. The standard InChI is InChI=1S/C16H16ClN3O4S/c1-11(21)19-12-5-4-6-13(9-12)20-16(22)10-18-25(23,24)15-8-3-2-7-14(15)17/h2-9,18H,10H2,1H3,(H,19,21)(H,20,22). The van der Waals surface area contributed by atoms with Gasteiger partial charge in [0.25, 0.3) is 0 Å². The number of anilines is 2. The summed E-state index contributed by atoms with van der Waals surface area (Å²) in [5.41, 5.74) is 0.940. The van der Waals surface area contributed by atoms with Crippen LogP contribution in [0.2, 0.25) is 5.02 Å². The van der Waals surface area contributed by atoms with Crippen LogP contribution in [0.3, 0.4) is 0 Å². The lowest BCUT2D eigenvalue weighted by atomic mass is 10.2. The van der Waals surface area contributed by atoms with Crippen LogP contribution in [0.4, 0.5) is 11.4 Å². The van der Waals surface area contributed by atoms with E-state index in [1.54, 1.807) is 30.3 Å². The number of rotatable bonds is 6. The second-order valence-electron chi connectivity index (χ2n) is 5.07. The minimum Gasteiger partial charge on any atom is -0.326 e. The molecule has 2 amide bonds. The lowest BCUT2D eigenvalue weighted by Gasteiger charge is -2.10. The van der Waals surface area contributed by atoms with E-state index in [-0.39, 0.29) is 15.8 Å². The van der Waals surface area contributed by atoms with Gasteiger partial charge in [-0.2, -0.15) is 0 Å². The monoisotopic (exact) mass is 381 g/mol. The van der Waals surface area contributed by atoms with E-state index in [0.717, 1.165) is 0 Å². The van der Waals surface area contributed by atoms with E-state index in [1.165, 1.54) is 25.1 Å². The van der Waals surface area contributed by atoms with Gasteiger partial charge in [-0.1, -0.05) is 29.8 Å². The van der Waals surface area contributed by atoms with Crippen molar-refractivity contribution in [3.05, 3.63) is 53.6 Å². The zero-order chi connectivity index (χ0) is 18.4. The molecule has 2 aromatic carbocycles. The maximum Gasteiger partial charge on any atom is 0.242 e. The smallest absolute Gasteiger partial charge is 0.242 e. The van der Waals surface area contributed by atoms with Crippen molar-refractivity contribution in [2.45, 2.75) is 11.8 Å². The molecule has 0 saturated carbocycles. The summed E-state index contributed by atoms with van der Waals surface area (Å²) in [7, 11) is -3.90. The Labute approximate surface area is 150 Å². The maximum atomic E-state index is 12.2. The summed E-state index contributed by atoms with van der Waals surface area (Å²) in [5, 5.41) is 5.20. The number of amides is 2. The van der Waals surface area contributed by atoms with Gasteiger partial charge in [-0.15, -0.1) is 0 Å². The molecule has 0 fully saturated rings. The van der Waals surface area contributed by atoms with Crippen molar-refractivity contribution in [1.29, 1.82) is 0 Å². The number of nitrogens with one attached hydrogen (secondary N) is 3. The van der Waals surface area contributed by atoms with Gasteiger partial charge in [-0.05, 0) is 30.3 Å². The highest BCUT2D eigenvalue weighted by atomic mass is 35.5. The summed E-state index contributed by atoms with van der Waals surface area (Å²) in [6.45, 7) is 0.909. The van der Waals surface area contributed by atoms with Crippen molar-refractivity contribution < 1.29 is 18.0 Å². The van der Waals surface area contributed by atoms with E-state index >= 15 is 0 Å². The zero-order valence-corrected chi connectivity index (χ0v) is 14.8. The maximum absolute atomic E-state index is 12.2. The molecule has 0 aromatic heterocycles. The molecule has 0 aliphatic heterocycles. The molecule has 0 heterocycles. The number of sulfonamides is 1. The van der Waals surface area contributed by atoms with Crippen LogP contribution in [0.25, 0.3) is 0 Å². The van der Waals surface area contributed by atoms with E-state index in [2.05, 4.69) is 15.4 Å². The summed E-state index contributed by atoms with van der Waals surface area (Å²) in [6, 6.07) is 12.4. The second kappa shape index (κ2) is 8.11. The topological polar surface area (TPSA) is 104 Å². The Hall–Kier alpha value is -2.42. The van der Waals surface area contributed by atoms with Crippen molar-refractivity contribution in [3.63, 3.8) is 0 Å². The van der Waals surface area contributed by atoms with Crippen LogP contribution >= 0.6 is 11.6 Å². The number of carbonyl (C=O) groups excluding carboxylic acids is 2. The molecule has 0 unspecified atom stereocenters. The Morgan fingerprint density at radius 1 is 1.00 bits per heavy atom. The molecule has 132 valence electrons. The summed E-state index contributed by atoms with van der Waals surface area (Å²) < 4.78 is 26.5. The first-order valence-corrected chi connectivity index (χ1v) is 9.06. The SMILES string of the molecule is CC(=O)Nc1cccc(NC(=O)CNS(=O)(=O)c2ccccc2Cl)c1. The minimum absolute atomic E-state index is 0.0680. The normalized spacial score (nSPS) is 11.0. The fourth-order valence-electron chi connectivity index (χ4n) is 1.98. The molecule has 2 aromatic rings. The highest BCUT2D eigenvalue weighted by Crippen LogP contribution is 2.20. The molecular formula is C16H16ClN3O4S. The Balaban J connectivity index is 1.99. The molecule has 0 spiro atoms. The van der Waals surface area contributed by atoms with Gasteiger partial charge in [-0.25, -0.2) is 13.1 Å². The van der Waals surface area contributed by atoms with Crippen LogP contribution in [0.5, 0.6) is 0 Å². The predicted molar refractivity (Wildman–Crippen MR) is 96.0 cm³/mol. The van der Waals surface area contributed by atoms with E-state index < -0.39 is 22.5 Å². The second-order valence-corrected chi connectivity index (χ2v) is 7.21. The van der Waals surface area contributed by atoms with E-state index in [9.17, 15) is 18.0 Å². The largest absolute Gasteiger partial charge is 0.326 e. The third-order valence-corrected chi connectivity index (χ3v) is 4.92. The Morgan fingerprint density at radius 2 is 1.64 bits per heavy atom. The minimum atomic E-state index is -3.90. The molecule has 9 heteroatoms. The van der Waals surface area contributed by atoms with Gasteiger partial charge >= 0.3 is 0 Å². The van der Waals surface area contributed by atoms with Crippen LogP contribution < -0.4 is 15.4 Å². The van der Waals surface area contributed by atoms with Crippen LogP contribution in [0.15, 0.2) is 53.4 Å². The molecule has 0 bridgehead atoms. The van der Waals surface area contributed by atoms with E-state index in [4.69, 9.17) is 11.6 Å². The Kier molecular flexibility index (Phi) is 6.13. The van der Waals surface area contributed by atoms with Gasteiger partial charge in [0.05, 0.1) is 11.6 Å². The molecule has 25 heavy (non-hydrogen) atoms. The average Bonchev–Trinajstić information content (AvgIpc) is 2.53. The van der Waals surface area contributed by atoms with Gasteiger partial charge in [0.15, 0.2) is 0 Å². The number of carbonyl (C=O) groups is 2. The average molecular weight is 382 g/mol. The molecule has 3 N–H and O–H groups in total. The number of halogens is 1. The number of hydrogen-bond acceptors (Lipinski definition) is 4. The first-order chi connectivity index (χ1) is 11.8. The van der Waals surface area contributed by atoms with Crippen molar-refractivity contribution in [3.8, 4) is 0 Å². The first-order valence-electron chi connectivity index (χ1n) is 7.19. The van der Waals surface area contributed by atoms with E-state index in [0.29, 0.717) is 11.4 Å². The summed E-state index contributed by atoms with van der Waals surface area (Å²) in [4.78, 5) is 22.9. The van der Waals surface area contributed by atoms with Gasteiger partial charge in [0.2, 0.25) is 21.8 Å². The lowest BCUT2D eigenvalue weighted by molar-refractivity contribution is -0.115. The lowest BCUT2D eigenvalue weighted by Crippen LogP contribution is -2.33. The van der Waals surface area contributed by atoms with Gasteiger partial charge in [0, 0.05) is 18.3 Å². The summed E-state index contributed by atoms with van der Waals surface area (Å²) in [6.07, 6.45) is 0. The highest BCUT2D eigenvalue weighted by Gasteiger charge is 2.18. The van der Waals surface area contributed by atoms with Crippen molar-refractivity contribution >= 4 is 44.8 Å². The predicted octanol–water partition coefficient (Wildman–Crippen LogP) is 2.22. The van der Waals surface area contributed by atoms with Gasteiger partial charge in [0.1, 0.15) is 4.90 Å². The Bertz CT molecular complexity index is 900. The zero-order valence-electron chi connectivity index (χ0n) is 13.2. The van der Waals surface area contributed by atoms with Crippen molar-refractivity contribution in [2.24, 2.45) is 0 Å². The molecule has 0 atom stereocenters. The Morgan fingerprint density at radius 3 is 2.28 bits per heavy atom. The third-order valence-electron chi connectivity index (χ3n) is 3.02. The quantitative estimate of drug-likeness (QED) is 0.713. The molecule has 0 radical (unpaired) electrons.